The number of thiophene rings is 1. The SMILES string of the molecule is O=C(NCCNC(=O)c1sccc1-c1ccccc1)c1ccccc1O. The molecule has 0 spiro atoms. The number of phenols is 1. The van der Waals surface area contributed by atoms with Crippen molar-refractivity contribution in [2.45, 2.75) is 0 Å². The van der Waals surface area contributed by atoms with E-state index in [-0.39, 0.29) is 29.7 Å². The first-order valence-corrected chi connectivity index (χ1v) is 9.02. The third-order valence-electron chi connectivity index (χ3n) is 3.80. The molecule has 2 aromatic carbocycles. The maximum atomic E-state index is 12.4. The Morgan fingerprint density at radius 1 is 0.846 bits per heavy atom. The number of carbonyl (C=O) groups is 2. The van der Waals surface area contributed by atoms with Crippen molar-refractivity contribution in [2.75, 3.05) is 13.1 Å². The summed E-state index contributed by atoms with van der Waals surface area (Å²) in [5.41, 5.74) is 2.10. The van der Waals surface area contributed by atoms with Gasteiger partial charge in [0, 0.05) is 18.7 Å². The second-order valence-electron chi connectivity index (χ2n) is 5.56. The Kier molecular flexibility index (Phi) is 5.66. The van der Waals surface area contributed by atoms with E-state index in [2.05, 4.69) is 10.6 Å². The van der Waals surface area contributed by atoms with Crippen LogP contribution in [0, 0.1) is 0 Å². The summed E-state index contributed by atoms with van der Waals surface area (Å²) in [5, 5.41) is 17.0. The average molecular weight is 366 g/mol. The predicted molar refractivity (Wildman–Crippen MR) is 103 cm³/mol. The third-order valence-corrected chi connectivity index (χ3v) is 4.71. The maximum absolute atomic E-state index is 12.4. The van der Waals surface area contributed by atoms with Gasteiger partial charge in [-0.05, 0) is 29.1 Å². The molecule has 1 heterocycles. The number of para-hydroxylation sites is 1. The van der Waals surface area contributed by atoms with Crippen LogP contribution in [-0.4, -0.2) is 30.0 Å². The number of phenolic OH excluding ortho intramolecular Hbond substituents is 1. The van der Waals surface area contributed by atoms with Crippen molar-refractivity contribution in [3.8, 4) is 16.9 Å². The Labute approximate surface area is 155 Å². The maximum Gasteiger partial charge on any atom is 0.262 e. The van der Waals surface area contributed by atoms with E-state index >= 15 is 0 Å². The van der Waals surface area contributed by atoms with Crippen LogP contribution in [0.15, 0.2) is 66.0 Å². The average Bonchev–Trinajstić information content (AvgIpc) is 3.16. The molecule has 0 unspecified atom stereocenters. The summed E-state index contributed by atoms with van der Waals surface area (Å²) in [6, 6.07) is 18.0. The van der Waals surface area contributed by atoms with Crippen LogP contribution < -0.4 is 10.6 Å². The highest BCUT2D eigenvalue weighted by Crippen LogP contribution is 2.27. The molecular weight excluding hydrogens is 348 g/mol. The molecule has 3 aromatic rings. The normalized spacial score (nSPS) is 10.3. The van der Waals surface area contributed by atoms with Gasteiger partial charge in [0.1, 0.15) is 5.75 Å². The largest absolute Gasteiger partial charge is 0.507 e. The molecule has 0 saturated carbocycles. The zero-order valence-corrected chi connectivity index (χ0v) is 14.8. The lowest BCUT2D eigenvalue weighted by atomic mass is 10.1. The molecule has 0 fully saturated rings. The van der Waals surface area contributed by atoms with Gasteiger partial charge in [-0.2, -0.15) is 0 Å². The van der Waals surface area contributed by atoms with Crippen molar-refractivity contribution in [3.05, 3.63) is 76.5 Å². The topological polar surface area (TPSA) is 78.4 Å². The zero-order valence-electron chi connectivity index (χ0n) is 13.9. The molecule has 5 nitrogen and oxygen atoms in total. The van der Waals surface area contributed by atoms with E-state index in [0.717, 1.165) is 11.1 Å². The number of aromatic hydroxyl groups is 1. The number of rotatable bonds is 6. The molecule has 0 bridgehead atoms. The van der Waals surface area contributed by atoms with Crippen molar-refractivity contribution in [1.29, 1.82) is 0 Å². The highest BCUT2D eigenvalue weighted by Gasteiger charge is 2.14. The molecule has 6 heteroatoms. The molecule has 0 saturated heterocycles. The van der Waals surface area contributed by atoms with Crippen LogP contribution in [-0.2, 0) is 0 Å². The number of hydrogen-bond donors (Lipinski definition) is 3. The lowest BCUT2D eigenvalue weighted by molar-refractivity contribution is 0.0928. The molecule has 0 aliphatic rings. The third kappa shape index (κ3) is 4.10. The van der Waals surface area contributed by atoms with Gasteiger partial charge in [-0.25, -0.2) is 0 Å². The molecule has 0 aliphatic carbocycles. The van der Waals surface area contributed by atoms with Gasteiger partial charge in [-0.15, -0.1) is 11.3 Å². The standard InChI is InChI=1S/C20H18N2O3S/c23-17-9-5-4-8-16(17)19(24)21-11-12-22-20(25)18-15(10-13-26-18)14-6-2-1-3-7-14/h1-10,13,23H,11-12H2,(H,21,24)(H,22,25). The van der Waals surface area contributed by atoms with E-state index in [4.69, 9.17) is 0 Å². The van der Waals surface area contributed by atoms with Crippen molar-refractivity contribution in [3.63, 3.8) is 0 Å². The van der Waals surface area contributed by atoms with Crippen LogP contribution in [0.5, 0.6) is 5.75 Å². The molecule has 1 aromatic heterocycles. The fraction of sp³-hybridized carbons (Fsp3) is 0.100. The monoisotopic (exact) mass is 366 g/mol. The Bertz CT molecular complexity index is 906. The first-order chi connectivity index (χ1) is 12.7. The van der Waals surface area contributed by atoms with Crippen molar-refractivity contribution < 1.29 is 14.7 Å². The lowest BCUT2D eigenvalue weighted by Crippen LogP contribution is -2.34. The Morgan fingerprint density at radius 3 is 2.23 bits per heavy atom. The number of amides is 2. The summed E-state index contributed by atoms with van der Waals surface area (Å²) in [7, 11) is 0. The number of carbonyl (C=O) groups excluding carboxylic acids is 2. The van der Waals surface area contributed by atoms with E-state index in [9.17, 15) is 14.7 Å². The molecule has 0 atom stereocenters. The van der Waals surface area contributed by atoms with Gasteiger partial charge >= 0.3 is 0 Å². The van der Waals surface area contributed by atoms with Crippen LogP contribution in [0.3, 0.4) is 0 Å². The highest BCUT2D eigenvalue weighted by atomic mass is 32.1. The minimum Gasteiger partial charge on any atom is -0.507 e. The van der Waals surface area contributed by atoms with E-state index in [1.807, 2.05) is 41.8 Å². The molecule has 3 N–H and O–H groups in total. The Balaban J connectivity index is 1.54. The van der Waals surface area contributed by atoms with Crippen LogP contribution in [0.1, 0.15) is 20.0 Å². The van der Waals surface area contributed by atoms with Crippen LogP contribution in [0.25, 0.3) is 11.1 Å². The molecule has 2 amide bonds. The predicted octanol–water partition coefficient (Wildman–Crippen LogP) is 3.28. The number of hydrogen-bond acceptors (Lipinski definition) is 4. The zero-order chi connectivity index (χ0) is 18.4. The van der Waals surface area contributed by atoms with Gasteiger partial charge in [-0.3, -0.25) is 9.59 Å². The minimum atomic E-state index is -0.376. The molecule has 26 heavy (non-hydrogen) atoms. The number of benzene rings is 2. The van der Waals surface area contributed by atoms with E-state index in [1.54, 1.807) is 18.2 Å². The lowest BCUT2D eigenvalue weighted by Gasteiger charge is -2.08. The van der Waals surface area contributed by atoms with E-state index in [0.29, 0.717) is 11.4 Å². The van der Waals surface area contributed by atoms with E-state index in [1.165, 1.54) is 17.4 Å². The Morgan fingerprint density at radius 2 is 1.50 bits per heavy atom. The molecule has 0 aliphatic heterocycles. The summed E-state index contributed by atoms with van der Waals surface area (Å²) in [4.78, 5) is 25.1. The van der Waals surface area contributed by atoms with Crippen molar-refractivity contribution >= 4 is 23.2 Å². The highest BCUT2D eigenvalue weighted by molar-refractivity contribution is 7.12. The van der Waals surface area contributed by atoms with Gasteiger partial charge in [0.2, 0.25) is 0 Å². The summed E-state index contributed by atoms with van der Waals surface area (Å²) >= 11 is 1.38. The second-order valence-corrected chi connectivity index (χ2v) is 6.47. The molecule has 132 valence electrons. The molecular formula is C20H18N2O3S. The fourth-order valence-electron chi connectivity index (χ4n) is 2.52. The van der Waals surface area contributed by atoms with Gasteiger partial charge in [0.15, 0.2) is 0 Å². The van der Waals surface area contributed by atoms with E-state index < -0.39 is 0 Å². The molecule has 0 radical (unpaired) electrons. The Hall–Kier alpha value is -3.12. The summed E-state index contributed by atoms with van der Waals surface area (Å²) in [6.07, 6.45) is 0. The van der Waals surface area contributed by atoms with Gasteiger partial charge in [0.25, 0.3) is 11.8 Å². The number of nitrogens with one attached hydrogen (secondary N) is 2. The van der Waals surface area contributed by atoms with Crippen LogP contribution in [0.4, 0.5) is 0 Å². The summed E-state index contributed by atoms with van der Waals surface area (Å²) in [5.74, 6) is -0.616. The van der Waals surface area contributed by atoms with Crippen molar-refractivity contribution in [1.82, 2.24) is 10.6 Å². The van der Waals surface area contributed by atoms with Gasteiger partial charge < -0.3 is 15.7 Å². The summed E-state index contributed by atoms with van der Waals surface area (Å²) < 4.78 is 0. The molecule has 3 rings (SSSR count). The first-order valence-electron chi connectivity index (χ1n) is 8.14. The van der Waals surface area contributed by atoms with Gasteiger partial charge in [-0.1, -0.05) is 42.5 Å². The van der Waals surface area contributed by atoms with Gasteiger partial charge in [0.05, 0.1) is 10.4 Å². The van der Waals surface area contributed by atoms with Crippen LogP contribution in [0.2, 0.25) is 0 Å². The first kappa shape index (κ1) is 17.7. The van der Waals surface area contributed by atoms with Crippen molar-refractivity contribution in [2.24, 2.45) is 0 Å². The minimum absolute atomic E-state index is 0.0693. The fourth-order valence-corrected chi connectivity index (χ4v) is 3.36. The smallest absolute Gasteiger partial charge is 0.262 e. The second kappa shape index (κ2) is 8.31. The van der Waals surface area contributed by atoms with Crippen LogP contribution >= 0.6 is 11.3 Å². The quantitative estimate of drug-likeness (QED) is 0.586. The summed E-state index contributed by atoms with van der Waals surface area (Å²) in [6.45, 7) is 0.565.